The molecule has 0 bridgehead atoms. The smallest absolute Gasteiger partial charge is 0.338 e. The van der Waals surface area contributed by atoms with Gasteiger partial charge in [0.05, 0.1) is 25.1 Å². The molecule has 128 valence electrons. The number of benzene rings is 1. The summed E-state index contributed by atoms with van der Waals surface area (Å²) in [6.07, 6.45) is 0. The van der Waals surface area contributed by atoms with Crippen LogP contribution in [0.4, 0.5) is 0 Å². The molecule has 1 aromatic carbocycles. The molecule has 0 radical (unpaired) electrons. The fourth-order valence-electron chi connectivity index (χ4n) is 2.47. The fraction of sp³-hybridized carbons (Fsp3) is 0.333. The van der Waals surface area contributed by atoms with E-state index in [-0.39, 0.29) is 0 Å². The lowest BCUT2D eigenvalue weighted by molar-refractivity contribution is -0.141. The van der Waals surface area contributed by atoms with Gasteiger partial charge in [0, 0.05) is 12.1 Å². The fourth-order valence-corrected chi connectivity index (χ4v) is 2.47. The Balaban J connectivity index is 2.14. The van der Waals surface area contributed by atoms with Crippen molar-refractivity contribution in [3.8, 4) is 11.3 Å². The molecule has 1 atom stereocenters. The predicted molar refractivity (Wildman–Crippen MR) is 88.6 cm³/mol. The number of aliphatic carboxylic acids is 1. The summed E-state index contributed by atoms with van der Waals surface area (Å²) in [6, 6.07) is 10.7. The molecular weight excluding hydrogens is 310 g/mol. The molecule has 0 aliphatic heterocycles. The Morgan fingerprint density at radius 3 is 2.62 bits per heavy atom. The highest BCUT2D eigenvalue weighted by molar-refractivity contribution is 5.96. The molecule has 0 saturated carbocycles. The lowest BCUT2D eigenvalue weighted by Gasteiger charge is -2.17. The van der Waals surface area contributed by atoms with Crippen LogP contribution in [0.25, 0.3) is 11.3 Å². The van der Waals surface area contributed by atoms with E-state index in [2.05, 4.69) is 0 Å². The van der Waals surface area contributed by atoms with Gasteiger partial charge in [0.25, 0.3) is 0 Å². The van der Waals surface area contributed by atoms with Crippen molar-refractivity contribution < 1.29 is 23.8 Å². The minimum Gasteiger partial charge on any atom is -0.481 e. The quantitative estimate of drug-likeness (QED) is 0.786. The Bertz CT molecular complexity index is 722. The van der Waals surface area contributed by atoms with Crippen LogP contribution < -0.4 is 0 Å². The second-order valence-electron chi connectivity index (χ2n) is 5.74. The van der Waals surface area contributed by atoms with Gasteiger partial charge in [-0.3, -0.25) is 9.69 Å². The van der Waals surface area contributed by atoms with Gasteiger partial charge in [0.2, 0.25) is 0 Å². The van der Waals surface area contributed by atoms with Crippen LogP contribution in [0.5, 0.6) is 0 Å². The van der Waals surface area contributed by atoms with Gasteiger partial charge in [-0.15, -0.1) is 0 Å². The molecule has 24 heavy (non-hydrogen) atoms. The van der Waals surface area contributed by atoms with Crippen LogP contribution in [0.1, 0.15) is 23.0 Å². The summed E-state index contributed by atoms with van der Waals surface area (Å²) in [4.78, 5) is 24.6. The second-order valence-corrected chi connectivity index (χ2v) is 5.74. The summed E-state index contributed by atoms with van der Waals surface area (Å²) >= 11 is 0. The van der Waals surface area contributed by atoms with Crippen molar-refractivity contribution in [2.75, 3.05) is 20.7 Å². The monoisotopic (exact) mass is 331 g/mol. The first-order chi connectivity index (χ1) is 11.4. The summed E-state index contributed by atoms with van der Waals surface area (Å²) < 4.78 is 10.6. The molecule has 1 heterocycles. The molecule has 0 aliphatic carbocycles. The number of hydrogen-bond acceptors (Lipinski definition) is 5. The standard InChI is InChI=1S/C18H21NO5/c1-12(17(20)21)10-19(2)11-13-8-9-16(24-13)14-6-4-5-7-15(14)18(22)23-3/h4-9,12H,10-11H2,1-3H3,(H,20,21). The highest BCUT2D eigenvalue weighted by Crippen LogP contribution is 2.26. The van der Waals surface area contributed by atoms with Gasteiger partial charge >= 0.3 is 11.9 Å². The Morgan fingerprint density at radius 1 is 1.25 bits per heavy atom. The summed E-state index contributed by atoms with van der Waals surface area (Å²) in [5, 5.41) is 8.96. The van der Waals surface area contributed by atoms with E-state index in [9.17, 15) is 9.59 Å². The van der Waals surface area contributed by atoms with Crippen molar-refractivity contribution >= 4 is 11.9 Å². The molecule has 6 heteroatoms. The van der Waals surface area contributed by atoms with Crippen LogP contribution in [0.3, 0.4) is 0 Å². The maximum atomic E-state index is 11.8. The van der Waals surface area contributed by atoms with Crippen molar-refractivity contribution in [1.82, 2.24) is 4.90 Å². The number of carboxylic acid groups (broad SMARTS) is 1. The predicted octanol–water partition coefficient (Wildman–Crippen LogP) is 2.89. The molecule has 1 N–H and O–H groups in total. The van der Waals surface area contributed by atoms with Crippen molar-refractivity contribution in [2.45, 2.75) is 13.5 Å². The summed E-state index contributed by atoms with van der Waals surface area (Å²) in [7, 11) is 3.18. The van der Waals surface area contributed by atoms with Gasteiger partial charge in [-0.1, -0.05) is 25.1 Å². The van der Waals surface area contributed by atoms with Gasteiger partial charge in [-0.25, -0.2) is 4.79 Å². The van der Waals surface area contributed by atoms with Crippen molar-refractivity contribution in [3.05, 3.63) is 47.7 Å². The maximum Gasteiger partial charge on any atom is 0.338 e. The Labute approximate surface area is 140 Å². The zero-order valence-electron chi connectivity index (χ0n) is 14.0. The van der Waals surface area contributed by atoms with Crippen molar-refractivity contribution in [1.29, 1.82) is 0 Å². The minimum absolute atomic E-state index is 0.420. The van der Waals surface area contributed by atoms with Crippen LogP contribution in [-0.2, 0) is 16.1 Å². The number of carboxylic acids is 1. The lowest BCUT2D eigenvalue weighted by Crippen LogP contribution is -2.28. The topological polar surface area (TPSA) is 80.0 Å². The summed E-state index contributed by atoms with van der Waals surface area (Å²) in [6.45, 7) is 2.57. The van der Waals surface area contributed by atoms with Gasteiger partial charge < -0.3 is 14.3 Å². The lowest BCUT2D eigenvalue weighted by atomic mass is 10.1. The number of rotatable bonds is 7. The van der Waals surface area contributed by atoms with Crippen molar-refractivity contribution in [3.63, 3.8) is 0 Å². The van der Waals surface area contributed by atoms with Gasteiger partial charge in [-0.2, -0.15) is 0 Å². The normalized spacial score (nSPS) is 12.2. The zero-order valence-corrected chi connectivity index (χ0v) is 14.0. The van der Waals surface area contributed by atoms with Crippen LogP contribution in [0, 0.1) is 5.92 Å². The molecule has 2 aromatic rings. The Kier molecular flexibility index (Phi) is 5.76. The Morgan fingerprint density at radius 2 is 1.96 bits per heavy atom. The number of hydrogen-bond donors (Lipinski definition) is 1. The highest BCUT2D eigenvalue weighted by atomic mass is 16.5. The van der Waals surface area contributed by atoms with E-state index >= 15 is 0 Å². The average Bonchev–Trinajstić information content (AvgIpc) is 3.02. The average molecular weight is 331 g/mol. The molecule has 0 spiro atoms. The third kappa shape index (κ3) is 4.23. The minimum atomic E-state index is -0.825. The first-order valence-electron chi connectivity index (χ1n) is 7.60. The molecule has 0 amide bonds. The van der Waals surface area contributed by atoms with Crippen molar-refractivity contribution in [2.24, 2.45) is 5.92 Å². The van der Waals surface area contributed by atoms with E-state index in [1.807, 2.05) is 24.1 Å². The number of furan rings is 1. The highest BCUT2D eigenvalue weighted by Gasteiger charge is 2.17. The zero-order chi connectivity index (χ0) is 17.7. The van der Waals surface area contributed by atoms with E-state index in [1.165, 1.54) is 7.11 Å². The number of carbonyl (C=O) groups excluding carboxylic acids is 1. The SMILES string of the molecule is COC(=O)c1ccccc1-c1ccc(CN(C)CC(C)C(=O)O)o1. The molecule has 1 aromatic heterocycles. The number of esters is 1. The second kappa shape index (κ2) is 7.79. The molecule has 0 saturated heterocycles. The summed E-state index contributed by atoms with van der Waals surface area (Å²) in [5.41, 5.74) is 1.10. The van der Waals surface area contributed by atoms with Crippen LogP contribution in [-0.4, -0.2) is 42.6 Å². The van der Waals surface area contributed by atoms with Crippen LogP contribution in [0.2, 0.25) is 0 Å². The van der Waals surface area contributed by atoms with E-state index in [0.717, 1.165) is 0 Å². The van der Waals surface area contributed by atoms with E-state index in [0.29, 0.717) is 35.7 Å². The molecule has 6 nitrogen and oxygen atoms in total. The number of ether oxygens (including phenoxy) is 1. The molecule has 2 rings (SSSR count). The molecule has 0 aliphatic rings. The molecule has 0 fully saturated rings. The first kappa shape index (κ1) is 17.7. The van der Waals surface area contributed by atoms with Gasteiger partial charge in [-0.05, 0) is 25.2 Å². The number of nitrogens with zero attached hydrogens (tertiary/aromatic N) is 1. The number of carbonyl (C=O) groups is 2. The number of methoxy groups -OCH3 is 1. The van der Waals surface area contributed by atoms with E-state index in [1.54, 1.807) is 31.2 Å². The molecule has 1 unspecified atom stereocenters. The van der Waals surface area contributed by atoms with Crippen LogP contribution in [0.15, 0.2) is 40.8 Å². The van der Waals surface area contributed by atoms with Crippen LogP contribution >= 0.6 is 0 Å². The maximum absolute atomic E-state index is 11.8. The van der Waals surface area contributed by atoms with E-state index < -0.39 is 17.9 Å². The van der Waals surface area contributed by atoms with E-state index in [4.69, 9.17) is 14.3 Å². The Hall–Kier alpha value is -2.60. The molecular formula is C18H21NO5. The van der Waals surface area contributed by atoms with Gasteiger partial charge in [0.1, 0.15) is 11.5 Å². The largest absolute Gasteiger partial charge is 0.481 e. The first-order valence-corrected chi connectivity index (χ1v) is 7.60. The third-order valence-electron chi connectivity index (χ3n) is 3.69. The third-order valence-corrected chi connectivity index (χ3v) is 3.69. The summed E-state index contributed by atoms with van der Waals surface area (Å²) in [5.74, 6) is -0.426. The van der Waals surface area contributed by atoms with Gasteiger partial charge in [0.15, 0.2) is 0 Å².